The quantitative estimate of drug-likeness (QED) is 0.773. The number of hydrogen-bond donors (Lipinski definition) is 2. The van der Waals surface area contributed by atoms with Gasteiger partial charge in [0.1, 0.15) is 0 Å². The van der Waals surface area contributed by atoms with E-state index >= 15 is 0 Å². The zero-order chi connectivity index (χ0) is 11.5. The molecule has 0 aromatic rings. The molecule has 2 aliphatic rings. The van der Waals surface area contributed by atoms with Crippen LogP contribution in [0.3, 0.4) is 0 Å². The van der Waals surface area contributed by atoms with Crippen molar-refractivity contribution >= 4 is 0 Å². The molecule has 0 aromatic carbocycles. The first-order chi connectivity index (χ1) is 7.65. The van der Waals surface area contributed by atoms with E-state index in [4.69, 9.17) is 0 Å². The SMILES string of the molecule is CC1CCC(NCC2CCC(O)C2)C(C)C1. The average Bonchev–Trinajstić information content (AvgIpc) is 2.63. The molecule has 0 amide bonds. The zero-order valence-electron chi connectivity index (χ0n) is 10.8. The van der Waals surface area contributed by atoms with Crippen LogP contribution in [-0.2, 0) is 0 Å². The van der Waals surface area contributed by atoms with E-state index in [1.807, 2.05) is 0 Å². The van der Waals surface area contributed by atoms with Crippen molar-refractivity contribution in [3.05, 3.63) is 0 Å². The predicted octanol–water partition coefficient (Wildman–Crippen LogP) is 2.56. The number of aliphatic hydroxyl groups excluding tert-OH is 1. The van der Waals surface area contributed by atoms with Gasteiger partial charge in [0.15, 0.2) is 0 Å². The first kappa shape index (κ1) is 12.4. The highest BCUT2D eigenvalue weighted by atomic mass is 16.3. The molecule has 0 aromatic heterocycles. The van der Waals surface area contributed by atoms with Crippen LogP contribution < -0.4 is 5.32 Å². The molecule has 0 radical (unpaired) electrons. The van der Waals surface area contributed by atoms with Gasteiger partial charge in [-0.3, -0.25) is 0 Å². The third-order valence-electron chi connectivity index (χ3n) is 4.61. The standard InChI is InChI=1S/C14H27NO/c1-10-3-6-14(11(2)7-10)15-9-12-4-5-13(16)8-12/h10-16H,3-9H2,1-2H3. The van der Waals surface area contributed by atoms with Crippen LogP contribution in [-0.4, -0.2) is 23.8 Å². The Morgan fingerprint density at radius 1 is 1.06 bits per heavy atom. The zero-order valence-corrected chi connectivity index (χ0v) is 10.8. The minimum absolute atomic E-state index is 0.0180. The Hall–Kier alpha value is -0.0800. The molecule has 0 aliphatic heterocycles. The maximum absolute atomic E-state index is 9.50. The fourth-order valence-corrected chi connectivity index (χ4v) is 3.52. The topological polar surface area (TPSA) is 32.3 Å². The molecule has 2 aliphatic carbocycles. The van der Waals surface area contributed by atoms with Gasteiger partial charge >= 0.3 is 0 Å². The van der Waals surface area contributed by atoms with Crippen molar-refractivity contribution < 1.29 is 5.11 Å². The Labute approximate surface area is 99.8 Å². The summed E-state index contributed by atoms with van der Waals surface area (Å²) in [6.45, 7) is 5.89. The van der Waals surface area contributed by atoms with Gasteiger partial charge in [-0.05, 0) is 62.8 Å². The van der Waals surface area contributed by atoms with Crippen molar-refractivity contribution in [2.75, 3.05) is 6.54 Å². The van der Waals surface area contributed by atoms with Crippen LogP contribution >= 0.6 is 0 Å². The van der Waals surface area contributed by atoms with E-state index in [1.165, 1.54) is 25.7 Å². The molecule has 94 valence electrons. The van der Waals surface area contributed by atoms with Crippen LogP contribution in [0, 0.1) is 17.8 Å². The summed E-state index contributed by atoms with van der Waals surface area (Å²) in [4.78, 5) is 0. The van der Waals surface area contributed by atoms with Crippen molar-refractivity contribution in [1.82, 2.24) is 5.32 Å². The lowest BCUT2D eigenvalue weighted by Gasteiger charge is -2.34. The second-order valence-corrected chi connectivity index (χ2v) is 6.24. The molecule has 16 heavy (non-hydrogen) atoms. The van der Waals surface area contributed by atoms with Gasteiger partial charge in [-0.1, -0.05) is 13.8 Å². The van der Waals surface area contributed by atoms with Crippen molar-refractivity contribution in [1.29, 1.82) is 0 Å². The van der Waals surface area contributed by atoms with Crippen molar-refractivity contribution in [3.8, 4) is 0 Å². The molecule has 0 heterocycles. The second-order valence-electron chi connectivity index (χ2n) is 6.24. The van der Waals surface area contributed by atoms with E-state index in [-0.39, 0.29) is 6.10 Å². The van der Waals surface area contributed by atoms with E-state index in [2.05, 4.69) is 19.2 Å². The van der Waals surface area contributed by atoms with Crippen LogP contribution in [0.1, 0.15) is 52.4 Å². The molecular formula is C14H27NO. The highest BCUT2D eigenvalue weighted by Crippen LogP contribution is 2.30. The summed E-state index contributed by atoms with van der Waals surface area (Å²) >= 11 is 0. The number of hydrogen-bond acceptors (Lipinski definition) is 2. The van der Waals surface area contributed by atoms with E-state index in [9.17, 15) is 5.11 Å². The Kier molecular flexibility index (Phi) is 4.26. The highest BCUT2D eigenvalue weighted by molar-refractivity contribution is 4.83. The van der Waals surface area contributed by atoms with Gasteiger partial charge in [0.25, 0.3) is 0 Å². The van der Waals surface area contributed by atoms with Gasteiger partial charge in [-0.25, -0.2) is 0 Å². The summed E-state index contributed by atoms with van der Waals surface area (Å²) in [5.74, 6) is 2.47. The highest BCUT2D eigenvalue weighted by Gasteiger charge is 2.27. The molecule has 2 saturated carbocycles. The minimum atomic E-state index is -0.0180. The molecule has 0 spiro atoms. The normalized spacial score (nSPS) is 44.8. The van der Waals surface area contributed by atoms with Gasteiger partial charge in [-0.2, -0.15) is 0 Å². The summed E-state index contributed by atoms with van der Waals surface area (Å²) in [6.07, 6.45) is 7.34. The maximum Gasteiger partial charge on any atom is 0.0543 e. The van der Waals surface area contributed by atoms with Gasteiger partial charge in [0.2, 0.25) is 0 Å². The molecule has 0 saturated heterocycles. The summed E-state index contributed by atoms with van der Waals surface area (Å²) in [7, 11) is 0. The van der Waals surface area contributed by atoms with Crippen LogP contribution in [0.5, 0.6) is 0 Å². The molecule has 0 bridgehead atoms. The Balaban J connectivity index is 1.69. The molecule has 5 unspecified atom stereocenters. The van der Waals surface area contributed by atoms with Gasteiger partial charge < -0.3 is 10.4 Å². The van der Waals surface area contributed by atoms with Crippen LogP contribution in [0.25, 0.3) is 0 Å². The largest absolute Gasteiger partial charge is 0.393 e. The van der Waals surface area contributed by atoms with Crippen LogP contribution in [0.4, 0.5) is 0 Å². The van der Waals surface area contributed by atoms with Crippen molar-refractivity contribution in [2.24, 2.45) is 17.8 Å². The van der Waals surface area contributed by atoms with Crippen molar-refractivity contribution in [3.63, 3.8) is 0 Å². The Morgan fingerprint density at radius 3 is 2.50 bits per heavy atom. The molecule has 2 heteroatoms. The van der Waals surface area contributed by atoms with Crippen molar-refractivity contribution in [2.45, 2.75) is 64.5 Å². The Bertz CT molecular complexity index is 219. The molecule has 5 atom stereocenters. The fourth-order valence-electron chi connectivity index (χ4n) is 3.52. The monoisotopic (exact) mass is 225 g/mol. The van der Waals surface area contributed by atoms with Crippen LogP contribution in [0.15, 0.2) is 0 Å². The van der Waals surface area contributed by atoms with E-state index < -0.39 is 0 Å². The third kappa shape index (κ3) is 3.21. The van der Waals surface area contributed by atoms with E-state index in [0.29, 0.717) is 0 Å². The average molecular weight is 225 g/mol. The Morgan fingerprint density at radius 2 is 1.88 bits per heavy atom. The third-order valence-corrected chi connectivity index (χ3v) is 4.61. The fraction of sp³-hybridized carbons (Fsp3) is 1.00. The van der Waals surface area contributed by atoms with E-state index in [1.54, 1.807) is 0 Å². The first-order valence-electron chi connectivity index (χ1n) is 7.06. The molecular weight excluding hydrogens is 198 g/mol. The lowest BCUT2D eigenvalue weighted by molar-refractivity contribution is 0.174. The summed E-state index contributed by atoms with van der Waals surface area (Å²) < 4.78 is 0. The van der Waals surface area contributed by atoms with E-state index in [0.717, 1.165) is 43.2 Å². The minimum Gasteiger partial charge on any atom is -0.393 e. The van der Waals surface area contributed by atoms with Gasteiger partial charge in [-0.15, -0.1) is 0 Å². The second kappa shape index (κ2) is 5.50. The number of nitrogens with one attached hydrogen (secondary N) is 1. The number of rotatable bonds is 3. The summed E-state index contributed by atoms with van der Waals surface area (Å²) in [5, 5.41) is 13.2. The maximum atomic E-state index is 9.50. The predicted molar refractivity (Wildman–Crippen MR) is 67.3 cm³/mol. The van der Waals surface area contributed by atoms with Crippen LogP contribution in [0.2, 0.25) is 0 Å². The molecule has 2 nitrogen and oxygen atoms in total. The summed E-state index contributed by atoms with van der Waals surface area (Å²) in [6, 6.07) is 0.731. The molecule has 2 fully saturated rings. The number of aliphatic hydroxyl groups is 1. The first-order valence-corrected chi connectivity index (χ1v) is 7.06. The lowest BCUT2D eigenvalue weighted by Crippen LogP contribution is -2.41. The molecule has 2 rings (SSSR count). The molecule has 2 N–H and O–H groups in total. The summed E-state index contributed by atoms with van der Waals surface area (Å²) in [5.41, 5.74) is 0. The van der Waals surface area contributed by atoms with Gasteiger partial charge in [0.05, 0.1) is 6.10 Å². The lowest BCUT2D eigenvalue weighted by atomic mass is 9.80. The smallest absolute Gasteiger partial charge is 0.0543 e. The van der Waals surface area contributed by atoms with Gasteiger partial charge in [0, 0.05) is 6.04 Å².